The summed E-state index contributed by atoms with van der Waals surface area (Å²) in [5.41, 5.74) is 1.35. The molecule has 8 nitrogen and oxygen atoms in total. The number of furan rings is 1. The minimum atomic E-state index is -0.935. The Morgan fingerprint density at radius 3 is 2.48 bits per heavy atom. The third-order valence-electron chi connectivity index (χ3n) is 4.78. The number of amides is 2. The quantitative estimate of drug-likeness (QED) is 0.448. The van der Waals surface area contributed by atoms with Gasteiger partial charge in [0.15, 0.2) is 0 Å². The first kappa shape index (κ1) is 21.7. The minimum absolute atomic E-state index is 0.138. The van der Waals surface area contributed by atoms with Crippen molar-refractivity contribution in [2.75, 3.05) is 13.7 Å². The van der Waals surface area contributed by atoms with E-state index in [2.05, 4.69) is 4.74 Å². The lowest BCUT2D eigenvalue weighted by atomic mass is 9.94. The van der Waals surface area contributed by atoms with Gasteiger partial charge in [0.05, 0.1) is 25.3 Å². The molecular weight excluding hydrogens is 400 g/mol. The van der Waals surface area contributed by atoms with Crippen molar-refractivity contribution in [2.45, 2.75) is 20.0 Å². The molecule has 31 heavy (non-hydrogen) atoms. The number of esters is 1. The molecule has 158 valence electrons. The van der Waals surface area contributed by atoms with Gasteiger partial charge >= 0.3 is 5.97 Å². The zero-order valence-electron chi connectivity index (χ0n) is 17.2. The Morgan fingerprint density at radius 1 is 1.23 bits per heavy atom. The number of hydrogen-bond acceptors (Lipinski definition) is 7. The first-order valence-corrected chi connectivity index (χ1v) is 9.42. The zero-order chi connectivity index (χ0) is 22.7. The number of β-amino-alcohol motifs (C(OH)–C–C–N with tert-alkyl or cyclic N) is 1. The number of imide groups is 1. The molecule has 1 aliphatic heterocycles. The van der Waals surface area contributed by atoms with Gasteiger partial charge in [-0.25, -0.2) is 4.79 Å². The van der Waals surface area contributed by atoms with Crippen LogP contribution in [-0.2, 0) is 14.3 Å². The van der Waals surface area contributed by atoms with E-state index in [-0.39, 0.29) is 23.3 Å². The summed E-state index contributed by atoms with van der Waals surface area (Å²) in [6.07, 6.45) is 0.527. The predicted molar refractivity (Wildman–Crippen MR) is 110 cm³/mol. The fourth-order valence-electron chi connectivity index (χ4n) is 3.18. The second-order valence-corrected chi connectivity index (χ2v) is 7.01. The standard InChI is InChI=1S/C23H20N2O6/c1-13(26)12-25-21(27)18(14(2)19(11-24)22(25)28)10-17-8-9-20(31-17)15-4-6-16(7-5-15)23(29)30-3/h4-10,13,26H,12H2,1-3H3/b18-10+. The van der Waals surface area contributed by atoms with E-state index in [0.717, 1.165) is 4.90 Å². The van der Waals surface area contributed by atoms with Crippen molar-refractivity contribution in [3.8, 4) is 17.4 Å². The molecule has 1 N–H and O–H groups in total. The van der Waals surface area contributed by atoms with Crippen LogP contribution in [-0.4, -0.2) is 47.5 Å². The van der Waals surface area contributed by atoms with E-state index in [1.807, 2.05) is 6.07 Å². The number of ether oxygens (including phenoxy) is 1. The van der Waals surface area contributed by atoms with Crippen LogP contribution in [0.4, 0.5) is 0 Å². The molecule has 0 saturated carbocycles. The van der Waals surface area contributed by atoms with Crippen LogP contribution in [0.3, 0.4) is 0 Å². The molecule has 2 heterocycles. The predicted octanol–water partition coefficient (Wildman–Crippen LogP) is 2.71. The van der Waals surface area contributed by atoms with E-state index in [1.165, 1.54) is 27.0 Å². The van der Waals surface area contributed by atoms with Gasteiger partial charge in [0.25, 0.3) is 11.8 Å². The molecule has 3 rings (SSSR count). The van der Waals surface area contributed by atoms with E-state index in [4.69, 9.17) is 4.42 Å². The summed E-state index contributed by atoms with van der Waals surface area (Å²) in [7, 11) is 1.30. The number of aliphatic hydroxyl groups excluding tert-OH is 1. The van der Waals surface area contributed by atoms with Gasteiger partial charge in [-0.05, 0) is 49.8 Å². The summed E-state index contributed by atoms with van der Waals surface area (Å²) in [6.45, 7) is 2.75. The van der Waals surface area contributed by atoms with Crippen molar-refractivity contribution in [3.05, 3.63) is 64.4 Å². The summed E-state index contributed by atoms with van der Waals surface area (Å²) < 4.78 is 10.5. The molecule has 2 aromatic rings. The fraction of sp³-hybridized carbons (Fsp3) is 0.217. The van der Waals surface area contributed by atoms with Crippen molar-refractivity contribution >= 4 is 23.9 Å². The fourth-order valence-corrected chi connectivity index (χ4v) is 3.18. The van der Waals surface area contributed by atoms with Gasteiger partial charge in [-0.3, -0.25) is 14.5 Å². The highest BCUT2D eigenvalue weighted by Gasteiger charge is 2.36. The number of hydrogen-bond donors (Lipinski definition) is 1. The molecule has 0 aliphatic carbocycles. The smallest absolute Gasteiger partial charge is 0.337 e. The molecule has 1 aromatic heterocycles. The Morgan fingerprint density at radius 2 is 1.90 bits per heavy atom. The molecule has 1 unspecified atom stereocenters. The van der Waals surface area contributed by atoms with Gasteiger partial charge in [0, 0.05) is 11.1 Å². The molecule has 8 heteroatoms. The van der Waals surface area contributed by atoms with E-state index in [9.17, 15) is 24.8 Å². The molecule has 0 saturated heterocycles. The third kappa shape index (κ3) is 4.32. The SMILES string of the molecule is COC(=O)c1ccc(-c2ccc(/C=C3/C(=O)N(CC(C)O)C(=O)C(C#N)=C3C)o2)cc1. The van der Waals surface area contributed by atoms with Crippen LogP contribution in [0.25, 0.3) is 17.4 Å². The highest BCUT2D eigenvalue weighted by atomic mass is 16.5. The largest absolute Gasteiger partial charge is 0.465 e. The van der Waals surface area contributed by atoms with Crippen LogP contribution in [0.15, 0.2) is 57.5 Å². The van der Waals surface area contributed by atoms with Crippen LogP contribution in [0, 0.1) is 11.3 Å². The summed E-state index contributed by atoms with van der Waals surface area (Å²) in [5.74, 6) is -0.931. The van der Waals surface area contributed by atoms with Crippen molar-refractivity contribution in [2.24, 2.45) is 0 Å². The van der Waals surface area contributed by atoms with Crippen LogP contribution < -0.4 is 0 Å². The Kier molecular flexibility index (Phi) is 6.18. The lowest BCUT2D eigenvalue weighted by Gasteiger charge is -2.28. The Hall–Kier alpha value is -3.96. The number of rotatable bonds is 5. The van der Waals surface area contributed by atoms with E-state index in [0.29, 0.717) is 22.6 Å². The van der Waals surface area contributed by atoms with Gasteiger partial charge in [0.2, 0.25) is 0 Å². The highest BCUT2D eigenvalue weighted by molar-refractivity contribution is 6.19. The maximum Gasteiger partial charge on any atom is 0.337 e. The number of carbonyl (C=O) groups excluding carboxylic acids is 3. The molecule has 1 aliphatic rings. The third-order valence-corrected chi connectivity index (χ3v) is 4.78. The number of nitriles is 1. The lowest BCUT2D eigenvalue weighted by molar-refractivity contribution is -0.141. The molecule has 1 atom stereocenters. The topological polar surface area (TPSA) is 121 Å². The Labute approximate surface area is 178 Å². The van der Waals surface area contributed by atoms with Crippen LogP contribution in [0.2, 0.25) is 0 Å². The van der Waals surface area contributed by atoms with E-state index in [1.54, 1.807) is 36.4 Å². The van der Waals surface area contributed by atoms with Crippen LogP contribution in [0.5, 0.6) is 0 Å². The molecule has 2 amide bonds. The van der Waals surface area contributed by atoms with Crippen molar-refractivity contribution in [1.82, 2.24) is 4.90 Å². The summed E-state index contributed by atoms with van der Waals surface area (Å²) in [6, 6.07) is 11.8. The average Bonchev–Trinajstić information content (AvgIpc) is 3.23. The molecule has 0 spiro atoms. The second kappa shape index (κ2) is 8.81. The van der Waals surface area contributed by atoms with Crippen molar-refractivity contribution in [3.63, 3.8) is 0 Å². The van der Waals surface area contributed by atoms with Crippen LogP contribution in [0.1, 0.15) is 30.0 Å². The second-order valence-electron chi connectivity index (χ2n) is 7.01. The van der Waals surface area contributed by atoms with Gasteiger partial charge in [-0.15, -0.1) is 0 Å². The number of benzene rings is 1. The summed E-state index contributed by atoms with van der Waals surface area (Å²) in [4.78, 5) is 37.7. The van der Waals surface area contributed by atoms with E-state index < -0.39 is 23.9 Å². The van der Waals surface area contributed by atoms with Crippen LogP contribution >= 0.6 is 0 Å². The summed E-state index contributed by atoms with van der Waals surface area (Å²) in [5, 5.41) is 19.0. The van der Waals surface area contributed by atoms with Gasteiger partial charge in [-0.2, -0.15) is 5.26 Å². The molecule has 0 bridgehead atoms. The Bertz CT molecular complexity index is 1150. The highest BCUT2D eigenvalue weighted by Crippen LogP contribution is 2.29. The molecular formula is C23H20N2O6. The summed E-state index contributed by atoms with van der Waals surface area (Å²) >= 11 is 0. The maximum absolute atomic E-state index is 12.9. The van der Waals surface area contributed by atoms with Gasteiger partial charge in [0.1, 0.15) is 23.2 Å². The number of methoxy groups -OCH3 is 1. The minimum Gasteiger partial charge on any atom is -0.465 e. The number of nitrogens with zero attached hydrogens (tertiary/aromatic N) is 2. The number of aliphatic hydroxyl groups is 1. The first-order chi connectivity index (χ1) is 14.8. The van der Waals surface area contributed by atoms with Crippen molar-refractivity contribution < 1.29 is 28.6 Å². The van der Waals surface area contributed by atoms with E-state index >= 15 is 0 Å². The first-order valence-electron chi connectivity index (χ1n) is 9.42. The molecule has 1 aromatic carbocycles. The lowest BCUT2D eigenvalue weighted by Crippen LogP contribution is -2.45. The average molecular weight is 420 g/mol. The molecule has 0 radical (unpaired) electrons. The zero-order valence-corrected chi connectivity index (χ0v) is 17.2. The van der Waals surface area contributed by atoms with Gasteiger partial charge < -0.3 is 14.3 Å². The monoisotopic (exact) mass is 420 g/mol. The number of carbonyl (C=O) groups is 3. The maximum atomic E-state index is 12.9. The molecule has 0 fully saturated rings. The Balaban J connectivity index is 1.96. The van der Waals surface area contributed by atoms with Crippen molar-refractivity contribution in [1.29, 1.82) is 5.26 Å². The normalized spacial score (nSPS) is 16.5. The van der Waals surface area contributed by atoms with Gasteiger partial charge in [-0.1, -0.05) is 12.1 Å².